The minimum Gasteiger partial charge on any atom is -0.493 e. The lowest BCUT2D eigenvalue weighted by Gasteiger charge is -2.25. The van der Waals surface area contributed by atoms with Gasteiger partial charge in [0.05, 0.1) is 29.9 Å². The molecule has 1 heterocycles. The number of nitrogen functional groups attached to an aromatic ring is 1. The van der Waals surface area contributed by atoms with Gasteiger partial charge >= 0.3 is 0 Å². The predicted octanol–water partition coefficient (Wildman–Crippen LogP) is 6.78. The predicted molar refractivity (Wildman–Crippen MR) is 166 cm³/mol. The van der Waals surface area contributed by atoms with E-state index < -0.39 is 57.2 Å². The van der Waals surface area contributed by atoms with Crippen LogP contribution in [0, 0.1) is 23.3 Å². The molecule has 0 spiro atoms. The van der Waals surface area contributed by atoms with Gasteiger partial charge in [-0.1, -0.05) is 36.9 Å². The summed E-state index contributed by atoms with van der Waals surface area (Å²) in [6.45, 7) is 4.75. The Morgan fingerprint density at radius 2 is 1.61 bits per heavy atom. The van der Waals surface area contributed by atoms with E-state index in [0.29, 0.717) is 29.4 Å². The lowest BCUT2D eigenvalue weighted by Crippen LogP contribution is -2.27. The fourth-order valence-electron chi connectivity index (χ4n) is 5.49. The molecular weight excluding hydrogens is 602 g/mol. The Morgan fingerprint density at radius 1 is 0.935 bits per heavy atom. The first-order chi connectivity index (χ1) is 22.1. The number of ketones is 1. The number of halogens is 4. The van der Waals surface area contributed by atoms with Crippen molar-refractivity contribution in [1.82, 2.24) is 9.88 Å². The molecule has 7 nitrogen and oxygen atoms in total. The Kier molecular flexibility index (Phi) is 10.2. The molecule has 46 heavy (non-hydrogen) atoms. The third-order valence-corrected chi connectivity index (χ3v) is 7.78. The molecule has 3 N–H and O–H groups in total. The molecule has 1 aliphatic carbocycles. The van der Waals surface area contributed by atoms with Crippen molar-refractivity contribution < 1.29 is 31.8 Å². The summed E-state index contributed by atoms with van der Waals surface area (Å²) in [7, 11) is 0. The van der Waals surface area contributed by atoms with Gasteiger partial charge in [0.2, 0.25) is 0 Å². The Bertz CT molecular complexity index is 1770. The summed E-state index contributed by atoms with van der Waals surface area (Å²) in [5.41, 5.74) is 4.31. The molecule has 0 unspecified atom stereocenters. The number of nitrogens with one attached hydrogen (secondary N) is 1. The van der Waals surface area contributed by atoms with Crippen molar-refractivity contribution in [1.29, 1.82) is 0 Å². The van der Waals surface area contributed by atoms with Crippen LogP contribution >= 0.6 is 0 Å². The number of carbonyl (C=O) groups excluding carboxylic acids is 1. The second-order valence-electron chi connectivity index (χ2n) is 11.0. The molecule has 0 bridgehead atoms. The van der Waals surface area contributed by atoms with Crippen LogP contribution in [0.15, 0.2) is 89.9 Å². The van der Waals surface area contributed by atoms with E-state index in [4.69, 9.17) is 15.2 Å². The number of ether oxygens (including phenoxy) is 2. The summed E-state index contributed by atoms with van der Waals surface area (Å²) >= 11 is 0. The van der Waals surface area contributed by atoms with E-state index in [1.165, 1.54) is 0 Å². The summed E-state index contributed by atoms with van der Waals surface area (Å²) < 4.78 is 70.4. The third-order valence-electron chi connectivity index (χ3n) is 7.78. The fraction of sp³-hybridized carbons (Fsp3) is 0.257. The van der Waals surface area contributed by atoms with Crippen molar-refractivity contribution in [2.45, 2.75) is 44.2 Å². The van der Waals surface area contributed by atoms with Crippen LogP contribution < -0.4 is 21.3 Å². The molecule has 0 radical (unpaired) electrons. The van der Waals surface area contributed by atoms with Crippen LogP contribution in [0.2, 0.25) is 0 Å². The van der Waals surface area contributed by atoms with Gasteiger partial charge in [0.25, 0.3) is 5.56 Å². The zero-order valence-corrected chi connectivity index (χ0v) is 24.9. The van der Waals surface area contributed by atoms with E-state index in [9.17, 15) is 18.4 Å². The Labute approximate surface area is 263 Å². The topological polar surface area (TPSA) is 95.6 Å². The molecule has 0 aliphatic heterocycles. The lowest BCUT2D eigenvalue weighted by molar-refractivity contribution is 0.103. The van der Waals surface area contributed by atoms with Crippen molar-refractivity contribution in [2.24, 2.45) is 0 Å². The largest absolute Gasteiger partial charge is 0.493 e. The number of pyridine rings is 1. The minimum atomic E-state index is -1.18. The highest BCUT2D eigenvalue weighted by molar-refractivity contribution is 6.11. The highest BCUT2D eigenvalue weighted by Crippen LogP contribution is 2.29. The number of aromatic nitrogens is 1. The number of anilines is 1. The maximum Gasteiger partial charge on any atom is 0.256 e. The van der Waals surface area contributed by atoms with Crippen molar-refractivity contribution in [3.8, 4) is 11.4 Å². The molecular formula is C35H33F4N3O4. The van der Waals surface area contributed by atoms with Gasteiger partial charge in [-0.05, 0) is 62.4 Å². The van der Waals surface area contributed by atoms with Crippen LogP contribution in [0.5, 0.6) is 5.75 Å². The summed E-state index contributed by atoms with van der Waals surface area (Å²) in [6, 6.07) is 15.5. The summed E-state index contributed by atoms with van der Waals surface area (Å²) in [5, 5.41) is 3.42. The van der Waals surface area contributed by atoms with Crippen LogP contribution in [0.4, 0.5) is 23.4 Å². The molecule has 1 fully saturated rings. The molecule has 5 rings (SSSR count). The third kappa shape index (κ3) is 7.31. The summed E-state index contributed by atoms with van der Waals surface area (Å²) in [6.07, 6.45) is 4.90. The average Bonchev–Trinajstić information content (AvgIpc) is 3.53. The van der Waals surface area contributed by atoms with Crippen LogP contribution in [0.3, 0.4) is 0 Å². The molecule has 1 aromatic heterocycles. The second kappa shape index (κ2) is 14.5. The molecule has 240 valence electrons. The Morgan fingerprint density at radius 3 is 2.28 bits per heavy atom. The van der Waals surface area contributed by atoms with E-state index in [2.05, 4.69) is 11.9 Å². The Hall–Kier alpha value is -4.90. The second-order valence-corrected chi connectivity index (χ2v) is 11.0. The molecule has 1 saturated carbocycles. The molecule has 0 amide bonds. The number of rotatable bonds is 13. The van der Waals surface area contributed by atoms with Gasteiger partial charge in [0, 0.05) is 24.3 Å². The van der Waals surface area contributed by atoms with Gasteiger partial charge in [-0.25, -0.2) is 17.6 Å². The number of nitrogens with zero attached hydrogens (tertiary/aromatic N) is 1. The molecule has 4 aromatic rings. The monoisotopic (exact) mass is 635 g/mol. The van der Waals surface area contributed by atoms with E-state index in [-0.39, 0.29) is 24.5 Å². The smallest absolute Gasteiger partial charge is 0.256 e. The van der Waals surface area contributed by atoms with Crippen LogP contribution in [-0.2, 0) is 4.74 Å². The first kappa shape index (κ1) is 32.5. The van der Waals surface area contributed by atoms with E-state index in [1.54, 1.807) is 0 Å². The number of hydrogen-bond donors (Lipinski definition) is 2. The fourth-order valence-corrected chi connectivity index (χ4v) is 5.49. The standard InChI is InChI=1S/C35H33F4N3O4/c1-21(46-24-10-5-6-11-24)32(22-8-3-2-4-9-22)41-16-7-17-45-25-19-29(38)33(30(39)20-25)42-31(43)15-14-27(35(42)40)34(44)26-13-12-23(36)18-28(26)37/h2-4,8-9,12-15,18-20,24,32,41H,1,5-7,10-11,16-17,40H2/t32-/m1/s1. The normalized spacial score (nSPS) is 13.8. The molecule has 11 heteroatoms. The van der Waals surface area contributed by atoms with Crippen LogP contribution in [0.25, 0.3) is 5.69 Å². The van der Waals surface area contributed by atoms with E-state index >= 15 is 8.78 Å². The zero-order valence-electron chi connectivity index (χ0n) is 24.9. The first-order valence-electron chi connectivity index (χ1n) is 14.9. The first-order valence-corrected chi connectivity index (χ1v) is 14.9. The molecule has 0 saturated heterocycles. The van der Waals surface area contributed by atoms with Crippen molar-refractivity contribution >= 4 is 11.6 Å². The average molecular weight is 636 g/mol. The molecule has 1 atom stereocenters. The minimum absolute atomic E-state index is 0.109. The summed E-state index contributed by atoms with van der Waals surface area (Å²) in [5.74, 6) is -5.53. The number of benzene rings is 3. The van der Waals surface area contributed by atoms with Crippen molar-refractivity contribution in [3.05, 3.63) is 135 Å². The van der Waals surface area contributed by atoms with Gasteiger partial charge in [-0.3, -0.25) is 14.2 Å². The molecule has 3 aromatic carbocycles. The van der Waals surface area contributed by atoms with Crippen LogP contribution in [0.1, 0.15) is 59.6 Å². The van der Waals surface area contributed by atoms with Gasteiger partial charge in [-0.15, -0.1) is 0 Å². The van der Waals surface area contributed by atoms with Gasteiger partial charge in [0.1, 0.15) is 34.6 Å². The van der Waals surface area contributed by atoms with Crippen LogP contribution in [-0.4, -0.2) is 29.6 Å². The zero-order chi connectivity index (χ0) is 32.8. The van der Waals surface area contributed by atoms with Gasteiger partial charge < -0.3 is 20.5 Å². The highest BCUT2D eigenvalue weighted by atomic mass is 19.1. The SMILES string of the molecule is C=C(OC1CCCC1)[C@@H](NCCCOc1cc(F)c(-n2c(N)c(C(=O)c3ccc(F)cc3F)ccc2=O)c(F)c1)c1ccccc1. The quantitative estimate of drug-likeness (QED) is 0.0728. The Balaban J connectivity index is 1.26. The van der Waals surface area contributed by atoms with Crippen molar-refractivity contribution in [2.75, 3.05) is 18.9 Å². The molecule has 1 aliphatic rings. The van der Waals surface area contributed by atoms with Gasteiger partial charge in [0.15, 0.2) is 17.4 Å². The maximum absolute atomic E-state index is 15.3. The number of nitrogens with two attached hydrogens (primary N) is 1. The number of carbonyl (C=O) groups is 1. The van der Waals surface area contributed by atoms with Crippen molar-refractivity contribution in [3.63, 3.8) is 0 Å². The summed E-state index contributed by atoms with van der Waals surface area (Å²) in [4.78, 5) is 25.6. The number of hydrogen-bond acceptors (Lipinski definition) is 6. The van der Waals surface area contributed by atoms with E-state index in [0.717, 1.165) is 67.6 Å². The lowest BCUT2D eigenvalue weighted by atomic mass is 10.0. The van der Waals surface area contributed by atoms with E-state index in [1.807, 2.05) is 30.3 Å². The maximum atomic E-state index is 15.3. The van der Waals surface area contributed by atoms with Gasteiger partial charge in [-0.2, -0.15) is 0 Å². The highest BCUT2D eigenvalue weighted by Gasteiger charge is 2.24.